The van der Waals surface area contributed by atoms with Gasteiger partial charge in [-0.25, -0.2) is 9.97 Å². The average molecular weight is 374 g/mol. The molecule has 0 radical (unpaired) electrons. The van der Waals surface area contributed by atoms with Crippen LogP contribution in [0.5, 0.6) is 11.6 Å². The van der Waals surface area contributed by atoms with Gasteiger partial charge < -0.3 is 9.72 Å². The summed E-state index contributed by atoms with van der Waals surface area (Å²) in [6, 6.07) is 9.02. The minimum absolute atomic E-state index is 0.177. The first-order chi connectivity index (χ1) is 13.5. The highest BCUT2D eigenvalue weighted by atomic mass is 16.5. The van der Waals surface area contributed by atoms with Crippen molar-refractivity contribution in [3.05, 3.63) is 76.2 Å². The Balaban J connectivity index is 1.66. The molecule has 0 saturated heterocycles. The molecule has 140 valence electrons. The van der Waals surface area contributed by atoms with Crippen molar-refractivity contribution in [1.29, 1.82) is 0 Å². The summed E-state index contributed by atoms with van der Waals surface area (Å²) < 4.78 is 7.65. The van der Waals surface area contributed by atoms with Gasteiger partial charge in [0, 0.05) is 12.3 Å². The molecule has 1 aromatic carbocycles. The van der Waals surface area contributed by atoms with E-state index in [0.717, 1.165) is 22.6 Å². The van der Waals surface area contributed by atoms with Crippen LogP contribution in [0.25, 0.3) is 17.2 Å². The van der Waals surface area contributed by atoms with Crippen LogP contribution in [-0.2, 0) is 0 Å². The quantitative estimate of drug-likeness (QED) is 0.589. The summed E-state index contributed by atoms with van der Waals surface area (Å²) in [6.07, 6.45) is 4.75. The molecule has 4 aromatic rings. The molecule has 0 fully saturated rings. The molecule has 0 aliphatic carbocycles. The largest absolute Gasteiger partial charge is 0.437 e. The van der Waals surface area contributed by atoms with Gasteiger partial charge in [-0.15, -0.1) is 10.2 Å². The summed E-state index contributed by atoms with van der Waals surface area (Å²) >= 11 is 0. The van der Waals surface area contributed by atoms with Gasteiger partial charge in [-0.05, 0) is 44.0 Å². The second-order valence-electron chi connectivity index (χ2n) is 6.36. The van der Waals surface area contributed by atoms with Crippen molar-refractivity contribution in [2.45, 2.75) is 20.8 Å². The molecule has 0 unspecified atom stereocenters. The lowest BCUT2D eigenvalue weighted by Gasteiger charge is -2.10. The van der Waals surface area contributed by atoms with Crippen LogP contribution in [0.2, 0.25) is 0 Å². The standard InChI is InChI=1S/C20H18N6O2/c1-12-5-4-6-17(13(12)2)28-19-11-21-16(10-23-19)20-25-24-14(3)26(20)15-7-8-18(27)22-9-15/h4-11H,1-3H3,(H,22,27). The Morgan fingerprint density at radius 2 is 1.86 bits per heavy atom. The van der Waals surface area contributed by atoms with E-state index in [4.69, 9.17) is 4.74 Å². The average Bonchev–Trinajstić information content (AvgIpc) is 3.08. The van der Waals surface area contributed by atoms with Crippen LogP contribution < -0.4 is 10.3 Å². The van der Waals surface area contributed by atoms with Crippen molar-refractivity contribution in [1.82, 2.24) is 29.7 Å². The Kier molecular flexibility index (Phi) is 4.44. The van der Waals surface area contributed by atoms with Gasteiger partial charge in [0.15, 0.2) is 5.82 Å². The van der Waals surface area contributed by atoms with Crippen molar-refractivity contribution < 1.29 is 4.74 Å². The summed E-state index contributed by atoms with van der Waals surface area (Å²) in [4.78, 5) is 22.8. The number of hydrogen-bond acceptors (Lipinski definition) is 6. The van der Waals surface area contributed by atoms with E-state index in [-0.39, 0.29) is 5.56 Å². The summed E-state index contributed by atoms with van der Waals surface area (Å²) in [7, 11) is 0. The molecule has 3 aromatic heterocycles. The number of aryl methyl sites for hydroxylation is 2. The lowest BCUT2D eigenvalue weighted by molar-refractivity contribution is 0.456. The molecule has 0 aliphatic heterocycles. The van der Waals surface area contributed by atoms with Crippen LogP contribution in [0.15, 0.2) is 53.7 Å². The topological polar surface area (TPSA) is 98.6 Å². The normalized spacial score (nSPS) is 10.8. The smallest absolute Gasteiger partial charge is 0.248 e. The Morgan fingerprint density at radius 1 is 1.00 bits per heavy atom. The fraction of sp³-hybridized carbons (Fsp3) is 0.150. The van der Waals surface area contributed by atoms with E-state index in [1.54, 1.807) is 29.2 Å². The second kappa shape index (κ2) is 7.07. The van der Waals surface area contributed by atoms with E-state index in [2.05, 4.69) is 25.1 Å². The summed E-state index contributed by atoms with van der Waals surface area (Å²) in [5.74, 6) is 2.33. The zero-order chi connectivity index (χ0) is 19.7. The molecule has 0 spiro atoms. The number of nitrogens with one attached hydrogen (secondary N) is 1. The molecule has 8 heteroatoms. The highest BCUT2D eigenvalue weighted by Gasteiger charge is 2.15. The number of aromatic amines is 1. The van der Waals surface area contributed by atoms with Crippen molar-refractivity contribution in [2.75, 3.05) is 0 Å². The van der Waals surface area contributed by atoms with E-state index in [1.807, 2.05) is 39.0 Å². The fourth-order valence-electron chi connectivity index (χ4n) is 2.81. The molecule has 8 nitrogen and oxygen atoms in total. The Labute approximate surface area is 160 Å². The Hall–Kier alpha value is -3.81. The lowest BCUT2D eigenvalue weighted by Crippen LogP contribution is -2.07. The van der Waals surface area contributed by atoms with Gasteiger partial charge in [0.1, 0.15) is 17.3 Å². The van der Waals surface area contributed by atoms with Crippen molar-refractivity contribution in [2.24, 2.45) is 0 Å². The lowest BCUT2D eigenvalue weighted by atomic mass is 10.1. The number of rotatable bonds is 4. The molecule has 0 aliphatic rings. The number of benzene rings is 1. The second-order valence-corrected chi connectivity index (χ2v) is 6.36. The zero-order valence-corrected chi connectivity index (χ0v) is 15.7. The summed E-state index contributed by atoms with van der Waals surface area (Å²) in [6.45, 7) is 5.86. The number of pyridine rings is 1. The van der Waals surface area contributed by atoms with Crippen molar-refractivity contribution >= 4 is 0 Å². The van der Waals surface area contributed by atoms with Crippen molar-refractivity contribution in [3.8, 4) is 28.8 Å². The van der Waals surface area contributed by atoms with Gasteiger partial charge in [0.05, 0.1) is 18.1 Å². The highest BCUT2D eigenvalue weighted by Crippen LogP contribution is 2.26. The predicted molar refractivity (Wildman–Crippen MR) is 104 cm³/mol. The van der Waals surface area contributed by atoms with E-state index >= 15 is 0 Å². The maximum Gasteiger partial charge on any atom is 0.248 e. The van der Waals surface area contributed by atoms with Crippen LogP contribution >= 0.6 is 0 Å². The Morgan fingerprint density at radius 3 is 2.57 bits per heavy atom. The number of nitrogens with zero attached hydrogens (tertiary/aromatic N) is 5. The first kappa shape index (κ1) is 17.6. The zero-order valence-electron chi connectivity index (χ0n) is 15.7. The monoisotopic (exact) mass is 374 g/mol. The number of ether oxygens (including phenoxy) is 1. The van der Waals surface area contributed by atoms with Crippen LogP contribution in [0, 0.1) is 20.8 Å². The first-order valence-electron chi connectivity index (χ1n) is 8.70. The van der Waals surface area contributed by atoms with Crippen LogP contribution in [0.1, 0.15) is 17.0 Å². The number of aromatic nitrogens is 6. The molecule has 4 rings (SSSR count). The van der Waals surface area contributed by atoms with Crippen LogP contribution in [0.4, 0.5) is 0 Å². The molecular weight excluding hydrogens is 356 g/mol. The van der Waals surface area contributed by atoms with Crippen LogP contribution in [-0.4, -0.2) is 29.7 Å². The van der Waals surface area contributed by atoms with Gasteiger partial charge in [0.2, 0.25) is 11.4 Å². The third-order valence-electron chi connectivity index (χ3n) is 4.48. The fourth-order valence-corrected chi connectivity index (χ4v) is 2.81. The molecular formula is C20H18N6O2. The van der Waals surface area contributed by atoms with Crippen LogP contribution in [0.3, 0.4) is 0 Å². The van der Waals surface area contributed by atoms with E-state index < -0.39 is 0 Å². The summed E-state index contributed by atoms with van der Waals surface area (Å²) in [5.41, 5.74) is 3.30. The van der Waals surface area contributed by atoms with Gasteiger partial charge in [-0.1, -0.05) is 12.1 Å². The number of hydrogen-bond donors (Lipinski definition) is 1. The molecule has 0 bridgehead atoms. The third-order valence-corrected chi connectivity index (χ3v) is 4.48. The SMILES string of the molecule is Cc1cccc(Oc2cnc(-c3nnc(C)n3-c3ccc(=O)[nH]c3)cn2)c1C. The van der Waals surface area contributed by atoms with Gasteiger partial charge in [0.25, 0.3) is 0 Å². The predicted octanol–water partition coefficient (Wildman–Crippen LogP) is 3.13. The maximum absolute atomic E-state index is 11.3. The first-order valence-corrected chi connectivity index (χ1v) is 8.70. The molecule has 0 atom stereocenters. The molecule has 0 saturated carbocycles. The minimum Gasteiger partial charge on any atom is -0.437 e. The van der Waals surface area contributed by atoms with Gasteiger partial charge >= 0.3 is 0 Å². The highest BCUT2D eigenvalue weighted by molar-refractivity contribution is 5.53. The molecule has 28 heavy (non-hydrogen) atoms. The molecule has 0 amide bonds. The van der Waals surface area contributed by atoms with Crippen molar-refractivity contribution in [3.63, 3.8) is 0 Å². The van der Waals surface area contributed by atoms with E-state index in [1.165, 1.54) is 6.07 Å². The summed E-state index contributed by atoms with van der Waals surface area (Å²) in [5, 5.41) is 8.33. The maximum atomic E-state index is 11.3. The van der Waals surface area contributed by atoms with E-state index in [9.17, 15) is 4.79 Å². The minimum atomic E-state index is -0.177. The van der Waals surface area contributed by atoms with Gasteiger partial charge in [-0.2, -0.15) is 0 Å². The molecule has 1 N–H and O–H groups in total. The van der Waals surface area contributed by atoms with Gasteiger partial charge in [-0.3, -0.25) is 9.36 Å². The Bertz CT molecular complexity index is 1170. The van der Waals surface area contributed by atoms with E-state index in [0.29, 0.717) is 23.2 Å². The number of H-pyrrole nitrogens is 1. The third kappa shape index (κ3) is 3.27. The molecule has 3 heterocycles.